The fourth-order valence-corrected chi connectivity index (χ4v) is 3.32. The van der Waals surface area contributed by atoms with E-state index in [4.69, 9.17) is 0 Å². The van der Waals surface area contributed by atoms with E-state index in [-0.39, 0.29) is 5.91 Å². The van der Waals surface area contributed by atoms with Crippen molar-refractivity contribution in [2.24, 2.45) is 0 Å². The van der Waals surface area contributed by atoms with Gasteiger partial charge in [0.2, 0.25) is 0 Å². The molecular weight excluding hydrogens is 340 g/mol. The van der Waals surface area contributed by atoms with Gasteiger partial charge in [-0.2, -0.15) is 0 Å². The lowest BCUT2D eigenvalue weighted by molar-refractivity contribution is 0.0951. The second kappa shape index (κ2) is 8.09. The van der Waals surface area contributed by atoms with E-state index in [1.54, 1.807) is 12.1 Å². The monoisotopic (exact) mass is 362 g/mol. The van der Waals surface area contributed by atoms with Crippen LogP contribution in [0, 0.1) is 0 Å². The van der Waals surface area contributed by atoms with Gasteiger partial charge in [0.15, 0.2) is 0 Å². The minimum absolute atomic E-state index is 0.119. The van der Waals surface area contributed by atoms with Gasteiger partial charge < -0.3 is 5.32 Å². The zero-order chi connectivity index (χ0) is 18.5. The lowest BCUT2D eigenvalue weighted by atomic mass is 10.1. The molecule has 1 amide bonds. The Kier molecular flexibility index (Phi) is 5.20. The number of aromatic nitrogens is 4. The van der Waals surface area contributed by atoms with Crippen LogP contribution in [0.2, 0.25) is 0 Å². The number of nitrogens with one attached hydrogen (secondary N) is 1. The first-order valence-corrected chi connectivity index (χ1v) is 9.20. The van der Waals surface area contributed by atoms with Crippen molar-refractivity contribution >= 4 is 5.91 Å². The molecule has 1 aliphatic rings. The third kappa shape index (κ3) is 4.38. The first-order chi connectivity index (χ1) is 13.3. The topological polar surface area (TPSA) is 75.9 Å². The molecule has 4 rings (SSSR count). The Hall–Kier alpha value is -3.06. The van der Waals surface area contributed by atoms with Crippen LogP contribution in [-0.2, 0) is 13.1 Å². The summed E-state index contributed by atoms with van der Waals surface area (Å²) in [5.41, 5.74) is 3.74. The number of rotatable bonds is 6. The number of hydrogen-bond acceptors (Lipinski definition) is 5. The second-order valence-electron chi connectivity index (χ2n) is 6.79. The summed E-state index contributed by atoms with van der Waals surface area (Å²) in [6.45, 7) is 3.90. The van der Waals surface area contributed by atoms with Crippen LogP contribution in [-0.4, -0.2) is 44.1 Å². The van der Waals surface area contributed by atoms with E-state index in [0.29, 0.717) is 12.1 Å². The largest absolute Gasteiger partial charge is 0.348 e. The standard InChI is InChI=1S/C20H22N6O/c27-20(18-4-3-5-19(12-18)26-15-22-23-24-26)21-13-16-6-8-17(9-7-16)14-25-10-1-2-11-25/h3-9,12,15H,1-2,10-11,13-14H2,(H,21,27). The molecule has 27 heavy (non-hydrogen) atoms. The number of carbonyl (C=O) groups is 1. The van der Waals surface area contributed by atoms with Crippen molar-refractivity contribution < 1.29 is 4.79 Å². The van der Waals surface area contributed by atoms with Crippen molar-refractivity contribution in [2.75, 3.05) is 13.1 Å². The van der Waals surface area contributed by atoms with Gasteiger partial charge in [-0.05, 0) is 65.7 Å². The van der Waals surface area contributed by atoms with E-state index in [1.807, 2.05) is 12.1 Å². The highest BCUT2D eigenvalue weighted by Gasteiger charge is 2.12. The van der Waals surface area contributed by atoms with Gasteiger partial charge in [-0.1, -0.05) is 30.3 Å². The van der Waals surface area contributed by atoms with Crippen molar-refractivity contribution in [3.8, 4) is 5.69 Å². The molecule has 1 saturated heterocycles. The lowest BCUT2D eigenvalue weighted by Gasteiger charge is -2.14. The zero-order valence-electron chi connectivity index (χ0n) is 15.1. The van der Waals surface area contributed by atoms with E-state index in [2.05, 4.69) is 50.0 Å². The number of hydrogen-bond donors (Lipinski definition) is 1. The maximum atomic E-state index is 12.5. The quantitative estimate of drug-likeness (QED) is 0.727. The van der Waals surface area contributed by atoms with E-state index in [9.17, 15) is 4.79 Å². The summed E-state index contributed by atoms with van der Waals surface area (Å²) in [5, 5.41) is 14.0. The number of carbonyl (C=O) groups excluding carboxylic acids is 1. The van der Waals surface area contributed by atoms with Crippen LogP contribution in [0.1, 0.15) is 34.3 Å². The van der Waals surface area contributed by atoms with Crippen LogP contribution in [0.4, 0.5) is 0 Å². The van der Waals surface area contributed by atoms with Crippen LogP contribution >= 0.6 is 0 Å². The fourth-order valence-electron chi connectivity index (χ4n) is 3.32. The van der Waals surface area contributed by atoms with Gasteiger partial charge in [0.05, 0.1) is 5.69 Å². The molecule has 0 atom stereocenters. The Morgan fingerprint density at radius 2 is 1.81 bits per heavy atom. The highest BCUT2D eigenvalue weighted by molar-refractivity contribution is 5.94. The average molecular weight is 362 g/mol. The van der Waals surface area contributed by atoms with E-state index >= 15 is 0 Å². The molecular formula is C20H22N6O. The Labute approximate surface area is 158 Å². The smallest absolute Gasteiger partial charge is 0.251 e. The summed E-state index contributed by atoms with van der Waals surface area (Å²) in [5.74, 6) is -0.119. The zero-order valence-corrected chi connectivity index (χ0v) is 15.1. The molecule has 1 N–H and O–H groups in total. The van der Waals surface area contributed by atoms with Gasteiger partial charge in [0, 0.05) is 18.7 Å². The summed E-state index contributed by atoms with van der Waals surface area (Å²) in [7, 11) is 0. The molecule has 3 aromatic rings. The van der Waals surface area contributed by atoms with Gasteiger partial charge in [0.25, 0.3) is 5.91 Å². The SMILES string of the molecule is O=C(NCc1ccc(CN2CCCC2)cc1)c1cccc(-n2cnnn2)c1. The first kappa shape index (κ1) is 17.4. The minimum atomic E-state index is -0.119. The molecule has 2 heterocycles. The second-order valence-corrected chi connectivity index (χ2v) is 6.79. The summed E-state index contributed by atoms with van der Waals surface area (Å²) in [6, 6.07) is 15.7. The van der Waals surface area contributed by atoms with Crippen LogP contribution in [0.15, 0.2) is 54.9 Å². The number of nitrogens with zero attached hydrogens (tertiary/aromatic N) is 5. The van der Waals surface area contributed by atoms with Gasteiger partial charge in [0.1, 0.15) is 6.33 Å². The summed E-state index contributed by atoms with van der Waals surface area (Å²) >= 11 is 0. The Balaban J connectivity index is 1.34. The van der Waals surface area contributed by atoms with Crippen molar-refractivity contribution in [1.29, 1.82) is 0 Å². The maximum absolute atomic E-state index is 12.5. The van der Waals surface area contributed by atoms with E-state index in [0.717, 1.165) is 17.8 Å². The molecule has 0 radical (unpaired) electrons. The molecule has 0 unspecified atom stereocenters. The molecule has 138 valence electrons. The van der Waals surface area contributed by atoms with E-state index < -0.39 is 0 Å². The summed E-state index contributed by atoms with van der Waals surface area (Å²) in [6.07, 6.45) is 4.11. The van der Waals surface area contributed by atoms with Gasteiger partial charge in [-0.15, -0.1) is 5.10 Å². The third-order valence-electron chi connectivity index (χ3n) is 4.80. The molecule has 1 aromatic heterocycles. The minimum Gasteiger partial charge on any atom is -0.348 e. The molecule has 7 heteroatoms. The fraction of sp³-hybridized carbons (Fsp3) is 0.300. The summed E-state index contributed by atoms with van der Waals surface area (Å²) in [4.78, 5) is 14.9. The molecule has 0 spiro atoms. The highest BCUT2D eigenvalue weighted by atomic mass is 16.1. The maximum Gasteiger partial charge on any atom is 0.251 e. The highest BCUT2D eigenvalue weighted by Crippen LogP contribution is 2.14. The van der Waals surface area contributed by atoms with Crippen molar-refractivity contribution in [2.45, 2.75) is 25.9 Å². The molecule has 0 aliphatic carbocycles. The average Bonchev–Trinajstić information content (AvgIpc) is 3.41. The van der Waals surface area contributed by atoms with Gasteiger partial charge in [-0.25, -0.2) is 4.68 Å². The Bertz CT molecular complexity index is 885. The molecule has 0 bridgehead atoms. The molecule has 2 aromatic carbocycles. The molecule has 7 nitrogen and oxygen atoms in total. The normalized spacial score (nSPS) is 14.4. The van der Waals surface area contributed by atoms with Crippen LogP contribution < -0.4 is 5.32 Å². The first-order valence-electron chi connectivity index (χ1n) is 9.20. The predicted octanol–water partition coefficient (Wildman–Crippen LogP) is 2.19. The van der Waals surface area contributed by atoms with Crippen molar-refractivity contribution in [1.82, 2.24) is 30.4 Å². The number of likely N-dealkylation sites (tertiary alicyclic amines) is 1. The van der Waals surface area contributed by atoms with Crippen LogP contribution in [0.25, 0.3) is 5.69 Å². The van der Waals surface area contributed by atoms with Gasteiger partial charge in [-0.3, -0.25) is 9.69 Å². The predicted molar refractivity (Wildman–Crippen MR) is 101 cm³/mol. The molecule has 0 saturated carbocycles. The van der Waals surface area contributed by atoms with Crippen molar-refractivity contribution in [3.05, 3.63) is 71.5 Å². The Morgan fingerprint density at radius 1 is 1.04 bits per heavy atom. The Morgan fingerprint density at radius 3 is 2.56 bits per heavy atom. The van der Waals surface area contributed by atoms with Gasteiger partial charge >= 0.3 is 0 Å². The van der Waals surface area contributed by atoms with Crippen molar-refractivity contribution in [3.63, 3.8) is 0 Å². The molecule has 1 fully saturated rings. The number of benzene rings is 2. The number of amides is 1. The molecule has 1 aliphatic heterocycles. The van der Waals surface area contributed by atoms with Crippen LogP contribution in [0.5, 0.6) is 0 Å². The lowest BCUT2D eigenvalue weighted by Crippen LogP contribution is -2.23. The van der Waals surface area contributed by atoms with E-state index in [1.165, 1.54) is 42.5 Å². The third-order valence-corrected chi connectivity index (χ3v) is 4.80. The van der Waals surface area contributed by atoms with Crippen LogP contribution in [0.3, 0.4) is 0 Å². The summed E-state index contributed by atoms with van der Waals surface area (Å²) < 4.78 is 1.52. The number of tetrazole rings is 1.